The quantitative estimate of drug-likeness (QED) is 0.654. The largest absolute Gasteiger partial charge is 0.392 e. The summed E-state index contributed by atoms with van der Waals surface area (Å²) >= 11 is 0. The van der Waals surface area contributed by atoms with Crippen LogP contribution in [0.15, 0.2) is 0 Å². The van der Waals surface area contributed by atoms with E-state index in [-0.39, 0.29) is 6.10 Å². The Balaban J connectivity index is 1.91. The molecule has 0 spiro atoms. The lowest BCUT2D eigenvalue weighted by Gasteiger charge is -2.39. The lowest BCUT2D eigenvalue weighted by atomic mass is 10.1. The minimum Gasteiger partial charge on any atom is -0.392 e. The van der Waals surface area contributed by atoms with E-state index in [1.807, 2.05) is 0 Å². The van der Waals surface area contributed by atoms with Gasteiger partial charge in [-0.2, -0.15) is 0 Å². The first-order valence-electron chi connectivity index (χ1n) is 5.47. The fourth-order valence-electron chi connectivity index (χ4n) is 2.46. The van der Waals surface area contributed by atoms with Gasteiger partial charge in [-0.3, -0.25) is 0 Å². The molecule has 0 bridgehead atoms. The SMILES string of the molecule is C[C@H]1CCCCN1N1CC[C@@H](O)C1. The molecule has 0 aromatic rings. The molecule has 0 saturated carbocycles. The van der Waals surface area contributed by atoms with Crippen LogP contribution in [0.5, 0.6) is 0 Å². The number of hydrogen-bond donors (Lipinski definition) is 1. The van der Waals surface area contributed by atoms with Crippen molar-refractivity contribution in [2.75, 3.05) is 19.6 Å². The third-order valence-electron chi connectivity index (χ3n) is 3.27. The number of β-amino-alcohol motifs (C(OH)–C–C–N with tert-alkyl or cyclic N) is 1. The topological polar surface area (TPSA) is 26.7 Å². The highest BCUT2D eigenvalue weighted by molar-refractivity contribution is 4.78. The standard InChI is InChI=1S/C10H20N2O/c1-9-4-2-3-6-12(9)11-7-5-10(13)8-11/h9-10,13H,2-8H2,1H3/t9-,10+/m0/s1. The molecule has 76 valence electrons. The van der Waals surface area contributed by atoms with Gasteiger partial charge in [0.2, 0.25) is 0 Å². The summed E-state index contributed by atoms with van der Waals surface area (Å²) in [5, 5.41) is 14.2. The Kier molecular flexibility index (Phi) is 2.86. The van der Waals surface area contributed by atoms with Gasteiger partial charge in [-0.1, -0.05) is 6.42 Å². The molecule has 0 aromatic heterocycles. The molecule has 3 nitrogen and oxygen atoms in total. The molecule has 2 aliphatic heterocycles. The first-order valence-corrected chi connectivity index (χ1v) is 5.47. The van der Waals surface area contributed by atoms with Crippen LogP contribution in [-0.2, 0) is 0 Å². The smallest absolute Gasteiger partial charge is 0.0694 e. The highest BCUT2D eigenvalue weighted by atomic mass is 16.3. The van der Waals surface area contributed by atoms with Crippen LogP contribution in [0, 0.1) is 0 Å². The lowest BCUT2D eigenvalue weighted by Crippen LogP contribution is -2.49. The average molecular weight is 184 g/mol. The van der Waals surface area contributed by atoms with E-state index in [1.54, 1.807) is 0 Å². The Morgan fingerprint density at radius 1 is 1.15 bits per heavy atom. The van der Waals surface area contributed by atoms with Crippen molar-refractivity contribution in [1.82, 2.24) is 10.0 Å². The van der Waals surface area contributed by atoms with Crippen molar-refractivity contribution < 1.29 is 5.11 Å². The fraction of sp³-hybridized carbons (Fsp3) is 1.00. The predicted octanol–water partition coefficient (Wildman–Crippen LogP) is 0.842. The van der Waals surface area contributed by atoms with Crippen LogP contribution in [0.4, 0.5) is 0 Å². The third kappa shape index (κ3) is 2.03. The number of hydrazine groups is 1. The maximum atomic E-state index is 9.45. The highest BCUT2D eigenvalue weighted by Gasteiger charge is 2.29. The number of hydrogen-bond acceptors (Lipinski definition) is 3. The molecule has 0 amide bonds. The molecule has 0 unspecified atom stereocenters. The predicted molar refractivity (Wildman–Crippen MR) is 52.2 cm³/mol. The molecule has 2 heterocycles. The second-order valence-electron chi connectivity index (χ2n) is 4.36. The Hall–Kier alpha value is -0.120. The van der Waals surface area contributed by atoms with Crippen molar-refractivity contribution in [3.63, 3.8) is 0 Å². The van der Waals surface area contributed by atoms with Gasteiger partial charge in [0.1, 0.15) is 0 Å². The van der Waals surface area contributed by atoms with Crippen LogP contribution in [0.3, 0.4) is 0 Å². The lowest BCUT2D eigenvalue weighted by molar-refractivity contribution is -0.0616. The van der Waals surface area contributed by atoms with Gasteiger partial charge in [-0.15, -0.1) is 0 Å². The first-order chi connectivity index (χ1) is 6.27. The third-order valence-corrected chi connectivity index (χ3v) is 3.27. The Labute approximate surface area is 80.3 Å². The van der Waals surface area contributed by atoms with Crippen LogP contribution in [0.25, 0.3) is 0 Å². The highest BCUT2D eigenvalue weighted by Crippen LogP contribution is 2.21. The summed E-state index contributed by atoms with van der Waals surface area (Å²) in [5.74, 6) is 0. The van der Waals surface area contributed by atoms with E-state index >= 15 is 0 Å². The normalized spacial score (nSPS) is 38.3. The monoisotopic (exact) mass is 184 g/mol. The molecule has 1 N–H and O–H groups in total. The van der Waals surface area contributed by atoms with Crippen LogP contribution in [-0.4, -0.2) is 46.9 Å². The van der Waals surface area contributed by atoms with Gasteiger partial charge >= 0.3 is 0 Å². The van der Waals surface area contributed by atoms with E-state index in [4.69, 9.17) is 0 Å². The van der Waals surface area contributed by atoms with Gasteiger partial charge in [0.05, 0.1) is 6.10 Å². The van der Waals surface area contributed by atoms with Gasteiger partial charge in [0.15, 0.2) is 0 Å². The van der Waals surface area contributed by atoms with Crippen molar-refractivity contribution in [2.24, 2.45) is 0 Å². The summed E-state index contributed by atoms with van der Waals surface area (Å²) in [6, 6.07) is 0.680. The molecule has 2 rings (SSSR count). The summed E-state index contributed by atoms with van der Waals surface area (Å²) in [5.41, 5.74) is 0. The summed E-state index contributed by atoms with van der Waals surface area (Å²) in [6.07, 6.45) is 4.86. The van der Waals surface area contributed by atoms with Crippen molar-refractivity contribution in [1.29, 1.82) is 0 Å². The van der Waals surface area contributed by atoms with Gasteiger partial charge in [0.25, 0.3) is 0 Å². The van der Waals surface area contributed by atoms with Gasteiger partial charge < -0.3 is 5.11 Å². The molecule has 0 radical (unpaired) electrons. The zero-order valence-corrected chi connectivity index (χ0v) is 8.45. The summed E-state index contributed by atoms with van der Waals surface area (Å²) in [4.78, 5) is 0. The number of aliphatic hydroxyl groups is 1. The minimum atomic E-state index is -0.0888. The second-order valence-corrected chi connectivity index (χ2v) is 4.36. The number of nitrogens with zero attached hydrogens (tertiary/aromatic N) is 2. The maximum absolute atomic E-state index is 9.45. The number of aliphatic hydroxyl groups excluding tert-OH is 1. The van der Waals surface area contributed by atoms with Crippen LogP contribution >= 0.6 is 0 Å². The first kappa shape index (κ1) is 9.44. The van der Waals surface area contributed by atoms with Crippen LogP contribution < -0.4 is 0 Å². The van der Waals surface area contributed by atoms with Crippen LogP contribution in [0.2, 0.25) is 0 Å². The molecular weight excluding hydrogens is 164 g/mol. The van der Waals surface area contributed by atoms with E-state index in [1.165, 1.54) is 25.8 Å². The molecule has 13 heavy (non-hydrogen) atoms. The molecule has 0 aromatic carbocycles. The molecular formula is C10H20N2O. The molecule has 2 fully saturated rings. The van der Waals surface area contributed by atoms with E-state index in [9.17, 15) is 5.11 Å². The number of rotatable bonds is 1. The van der Waals surface area contributed by atoms with E-state index in [0.29, 0.717) is 6.04 Å². The summed E-state index contributed by atoms with van der Waals surface area (Å²) in [6.45, 7) is 5.38. The minimum absolute atomic E-state index is 0.0888. The Morgan fingerprint density at radius 2 is 2.00 bits per heavy atom. The van der Waals surface area contributed by atoms with Crippen molar-refractivity contribution in [3.8, 4) is 0 Å². The van der Waals surface area contributed by atoms with E-state index < -0.39 is 0 Å². The Morgan fingerprint density at radius 3 is 2.62 bits per heavy atom. The average Bonchev–Trinajstić information content (AvgIpc) is 2.53. The summed E-state index contributed by atoms with van der Waals surface area (Å²) in [7, 11) is 0. The van der Waals surface area contributed by atoms with E-state index in [0.717, 1.165) is 19.5 Å². The molecule has 2 saturated heterocycles. The zero-order chi connectivity index (χ0) is 9.26. The van der Waals surface area contributed by atoms with Gasteiger partial charge in [-0.25, -0.2) is 10.0 Å². The van der Waals surface area contributed by atoms with Gasteiger partial charge in [0, 0.05) is 25.7 Å². The maximum Gasteiger partial charge on any atom is 0.0694 e. The second kappa shape index (κ2) is 3.95. The fourth-order valence-corrected chi connectivity index (χ4v) is 2.46. The van der Waals surface area contributed by atoms with E-state index in [2.05, 4.69) is 16.9 Å². The van der Waals surface area contributed by atoms with Crippen molar-refractivity contribution in [2.45, 2.75) is 44.8 Å². The summed E-state index contributed by atoms with van der Waals surface area (Å²) < 4.78 is 0. The molecule has 3 heteroatoms. The number of piperidine rings is 1. The molecule has 0 aliphatic carbocycles. The Bertz CT molecular complexity index is 174. The zero-order valence-electron chi connectivity index (χ0n) is 8.45. The van der Waals surface area contributed by atoms with Crippen molar-refractivity contribution in [3.05, 3.63) is 0 Å². The van der Waals surface area contributed by atoms with Crippen molar-refractivity contribution >= 4 is 0 Å². The molecule has 2 atom stereocenters. The van der Waals surface area contributed by atoms with Gasteiger partial charge in [-0.05, 0) is 26.2 Å². The molecule has 2 aliphatic rings. The van der Waals surface area contributed by atoms with Crippen LogP contribution in [0.1, 0.15) is 32.6 Å².